The summed E-state index contributed by atoms with van der Waals surface area (Å²) >= 11 is 0. The van der Waals surface area contributed by atoms with Crippen LogP contribution in [0.2, 0.25) is 0 Å². The van der Waals surface area contributed by atoms with E-state index in [2.05, 4.69) is 0 Å². The predicted molar refractivity (Wildman–Crippen MR) is 98.0 cm³/mol. The molecular weight excluding hydrogens is 313 g/mol. The van der Waals surface area contributed by atoms with E-state index in [4.69, 9.17) is 4.99 Å². The number of aliphatic hydroxyl groups excluding tert-OH is 1. The highest BCUT2D eigenvalue weighted by molar-refractivity contribution is 6.14. The molecule has 0 spiro atoms. The van der Waals surface area contributed by atoms with Crippen molar-refractivity contribution in [1.82, 2.24) is 0 Å². The molecule has 0 aliphatic heterocycles. The van der Waals surface area contributed by atoms with E-state index in [1.807, 2.05) is 60.7 Å². The van der Waals surface area contributed by atoms with Gasteiger partial charge in [-0.15, -0.1) is 0 Å². The summed E-state index contributed by atoms with van der Waals surface area (Å²) in [5, 5.41) is 9.95. The van der Waals surface area contributed by atoms with Gasteiger partial charge in [-0.3, -0.25) is 0 Å². The van der Waals surface area contributed by atoms with Gasteiger partial charge in [0.1, 0.15) is 5.82 Å². The molecule has 0 aromatic heterocycles. The lowest BCUT2D eigenvalue weighted by Gasteiger charge is -2.10. The molecule has 2 nitrogen and oxygen atoms in total. The van der Waals surface area contributed by atoms with E-state index in [1.54, 1.807) is 6.07 Å². The third-order valence-corrected chi connectivity index (χ3v) is 4.56. The lowest BCUT2D eigenvalue weighted by Crippen LogP contribution is -2.04. The van der Waals surface area contributed by atoms with E-state index in [0.29, 0.717) is 18.4 Å². The average molecular weight is 331 g/mol. The van der Waals surface area contributed by atoms with Crippen molar-refractivity contribution in [3.8, 4) is 0 Å². The minimum absolute atomic E-state index is 0.258. The van der Waals surface area contributed by atoms with Crippen molar-refractivity contribution < 1.29 is 9.50 Å². The van der Waals surface area contributed by atoms with Crippen LogP contribution in [0.1, 0.15) is 22.3 Å². The van der Waals surface area contributed by atoms with Crippen LogP contribution in [0.5, 0.6) is 0 Å². The maximum Gasteiger partial charge on any atom is 0.126 e. The molecule has 1 N–H and O–H groups in total. The Morgan fingerprint density at radius 1 is 0.800 bits per heavy atom. The molecule has 0 bridgehead atoms. The average Bonchev–Trinajstić information content (AvgIpc) is 3.05. The van der Waals surface area contributed by atoms with Crippen LogP contribution in [0, 0.1) is 5.82 Å². The lowest BCUT2D eigenvalue weighted by molar-refractivity contribution is 0.186. The molecule has 3 aromatic carbocycles. The fourth-order valence-electron chi connectivity index (χ4n) is 3.36. The molecule has 0 heterocycles. The Balaban J connectivity index is 1.89. The molecule has 1 unspecified atom stereocenters. The molecule has 0 amide bonds. The highest BCUT2D eigenvalue weighted by Crippen LogP contribution is 2.34. The van der Waals surface area contributed by atoms with Crippen LogP contribution < -0.4 is 0 Å². The van der Waals surface area contributed by atoms with Crippen molar-refractivity contribution in [2.75, 3.05) is 0 Å². The second-order valence-electron chi connectivity index (χ2n) is 6.28. The molecule has 1 atom stereocenters. The quantitative estimate of drug-likeness (QED) is 0.707. The normalized spacial score (nSPS) is 15.7. The second kappa shape index (κ2) is 6.61. The Morgan fingerprint density at radius 3 is 1.96 bits per heavy atom. The van der Waals surface area contributed by atoms with Gasteiger partial charge in [0.2, 0.25) is 0 Å². The maximum absolute atomic E-state index is 14.1. The van der Waals surface area contributed by atoms with Crippen LogP contribution in [0.3, 0.4) is 0 Å². The minimum atomic E-state index is -0.530. The first kappa shape index (κ1) is 15.7. The first-order chi connectivity index (χ1) is 12.2. The van der Waals surface area contributed by atoms with Crippen molar-refractivity contribution in [1.29, 1.82) is 0 Å². The Bertz CT molecular complexity index is 878. The number of rotatable bonds is 3. The first-order valence-electron chi connectivity index (χ1n) is 8.40. The molecule has 4 rings (SSSR count). The van der Waals surface area contributed by atoms with Crippen LogP contribution in [0.15, 0.2) is 77.8 Å². The van der Waals surface area contributed by atoms with Gasteiger partial charge in [-0.1, -0.05) is 60.7 Å². The van der Waals surface area contributed by atoms with Gasteiger partial charge in [0.15, 0.2) is 0 Å². The Morgan fingerprint density at radius 2 is 1.36 bits per heavy atom. The number of nitrogens with zero attached hydrogens (tertiary/aromatic N) is 1. The molecule has 0 saturated heterocycles. The van der Waals surface area contributed by atoms with Crippen molar-refractivity contribution in [3.05, 3.63) is 101 Å². The van der Waals surface area contributed by atoms with Crippen LogP contribution >= 0.6 is 0 Å². The molecule has 0 saturated carbocycles. The third-order valence-electron chi connectivity index (χ3n) is 4.56. The van der Waals surface area contributed by atoms with Gasteiger partial charge in [0, 0.05) is 24.0 Å². The van der Waals surface area contributed by atoms with Gasteiger partial charge in [-0.25, -0.2) is 9.38 Å². The number of hydrogen-bond donors (Lipinski definition) is 1. The molecule has 0 radical (unpaired) electrons. The van der Waals surface area contributed by atoms with Crippen molar-refractivity contribution in [2.24, 2.45) is 4.99 Å². The van der Waals surface area contributed by atoms with Crippen molar-refractivity contribution in [3.63, 3.8) is 0 Å². The van der Waals surface area contributed by atoms with Gasteiger partial charge >= 0.3 is 0 Å². The summed E-state index contributed by atoms with van der Waals surface area (Å²) in [6.07, 6.45) is 0.275. The molecule has 124 valence electrons. The van der Waals surface area contributed by atoms with E-state index in [1.165, 1.54) is 6.07 Å². The highest BCUT2D eigenvalue weighted by Gasteiger charge is 2.25. The molecule has 3 heteroatoms. The van der Waals surface area contributed by atoms with Crippen LogP contribution in [-0.2, 0) is 12.8 Å². The number of fused-ring (bicyclic) bond motifs is 1. The summed E-state index contributed by atoms with van der Waals surface area (Å²) in [5.41, 5.74) is 4.99. The van der Waals surface area contributed by atoms with Crippen LogP contribution in [0.25, 0.3) is 0 Å². The summed E-state index contributed by atoms with van der Waals surface area (Å²) in [6, 6.07) is 23.1. The summed E-state index contributed by atoms with van der Waals surface area (Å²) < 4.78 is 14.1. The van der Waals surface area contributed by atoms with Gasteiger partial charge in [0.25, 0.3) is 0 Å². The number of aliphatic imine (C=N–C) groups is 1. The summed E-state index contributed by atoms with van der Waals surface area (Å²) in [4.78, 5) is 4.89. The topological polar surface area (TPSA) is 32.6 Å². The summed E-state index contributed by atoms with van der Waals surface area (Å²) in [6.45, 7) is 0. The molecule has 1 aliphatic carbocycles. The molecular formula is C22H18FNO. The van der Waals surface area contributed by atoms with Crippen molar-refractivity contribution >= 4 is 11.4 Å². The van der Waals surface area contributed by atoms with E-state index < -0.39 is 6.10 Å². The first-order valence-corrected chi connectivity index (χ1v) is 8.40. The number of halogens is 1. The third kappa shape index (κ3) is 3.11. The molecule has 0 fully saturated rings. The lowest BCUT2D eigenvalue weighted by atomic mass is 10.0. The minimum Gasteiger partial charge on any atom is -0.392 e. The monoisotopic (exact) mass is 331 g/mol. The van der Waals surface area contributed by atoms with E-state index >= 15 is 0 Å². The number of aliphatic hydroxyl groups is 1. The van der Waals surface area contributed by atoms with Gasteiger partial charge in [-0.2, -0.15) is 0 Å². The Kier molecular flexibility index (Phi) is 4.16. The smallest absolute Gasteiger partial charge is 0.126 e. The fourth-order valence-corrected chi connectivity index (χ4v) is 3.36. The summed E-state index contributed by atoms with van der Waals surface area (Å²) in [5.74, 6) is -0.258. The zero-order valence-electron chi connectivity index (χ0n) is 13.7. The maximum atomic E-state index is 14.1. The Labute approximate surface area is 146 Å². The van der Waals surface area contributed by atoms with Gasteiger partial charge in [0.05, 0.1) is 17.5 Å². The SMILES string of the molecule is OC1Cc2c(F)ccc(N=C(c3ccccc3)c3ccccc3)c2C1. The molecule has 25 heavy (non-hydrogen) atoms. The molecule has 3 aromatic rings. The fraction of sp³-hybridized carbons (Fsp3) is 0.136. The number of benzene rings is 3. The van der Waals surface area contributed by atoms with E-state index in [-0.39, 0.29) is 5.82 Å². The van der Waals surface area contributed by atoms with Crippen molar-refractivity contribution in [2.45, 2.75) is 18.9 Å². The molecule has 1 aliphatic rings. The second-order valence-corrected chi connectivity index (χ2v) is 6.28. The van der Waals surface area contributed by atoms with Gasteiger partial charge in [-0.05, 0) is 23.3 Å². The summed E-state index contributed by atoms with van der Waals surface area (Å²) in [7, 11) is 0. The standard InChI is InChI=1S/C22H18FNO/c23-20-11-12-21(19-14-17(25)13-18(19)20)24-22(15-7-3-1-4-8-15)16-9-5-2-6-10-16/h1-12,17,25H,13-14H2. The van der Waals surface area contributed by atoms with Crippen LogP contribution in [-0.4, -0.2) is 16.9 Å². The van der Waals surface area contributed by atoms with E-state index in [0.717, 1.165) is 28.1 Å². The van der Waals surface area contributed by atoms with Crippen LogP contribution in [0.4, 0.5) is 10.1 Å². The highest BCUT2D eigenvalue weighted by atomic mass is 19.1. The van der Waals surface area contributed by atoms with E-state index in [9.17, 15) is 9.50 Å². The number of hydrogen-bond acceptors (Lipinski definition) is 2. The largest absolute Gasteiger partial charge is 0.392 e. The predicted octanol–water partition coefficient (Wildman–Crippen LogP) is 4.45. The zero-order chi connectivity index (χ0) is 17.2. The zero-order valence-corrected chi connectivity index (χ0v) is 13.7. The van der Waals surface area contributed by atoms with Gasteiger partial charge < -0.3 is 5.11 Å². The Hall–Kier alpha value is -2.78.